The van der Waals surface area contributed by atoms with Crippen molar-refractivity contribution in [2.75, 3.05) is 0 Å². The molecule has 5 aromatic rings. The average Bonchev–Trinajstić information content (AvgIpc) is 3.32. The SMILES string of the molecule is CC1=C(C)C([Si](C)(C)[Ti+2][c]2cc(C)cc(C(c3ccccc3)c3ccccc3)c2Oc2ccccc2)c2c(C)c(C)c(C)c(C)c21.[Cl-].[Cl-]. The molecule has 0 fully saturated rings. The second-order valence-corrected chi connectivity index (χ2v) is 26.1. The van der Waals surface area contributed by atoms with Crippen molar-refractivity contribution in [3.05, 3.63) is 164 Å². The zero-order valence-electron chi connectivity index (χ0n) is 29.6. The van der Waals surface area contributed by atoms with Gasteiger partial charge in [0.25, 0.3) is 0 Å². The van der Waals surface area contributed by atoms with Gasteiger partial charge >= 0.3 is 287 Å². The first-order valence-corrected chi connectivity index (χ1v) is 22.7. The van der Waals surface area contributed by atoms with Crippen LogP contribution in [-0.4, -0.2) is 5.94 Å². The summed E-state index contributed by atoms with van der Waals surface area (Å²) in [4.78, 5) is 0. The number of rotatable bonds is 8. The predicted octanol–water partition coefficient (Wildman–Crippen LogP) is 5.25. The van der Waals surface area contributed by atoms with Gasteiger partial charge in [-0.1, -0.05) is 0 Å². The topological polar surface area (TPSA) is 9.23 Å². The number of para-hydroxylation sites is 1. The van der Waals surface area contributed by atoms with E-state index in [4.69, 9.17) is 4.74 Å². The Kier molecular flexibility index (Phi) is 12.2. The molecule has 0 saturated heterocycles. The van der Waals surface area contributed by atoms with E-state index in [1.54, 1.807) is 11.1 Å². The minimum absolute atomic E-state index is 0. The van der Waals surface area contributed by atoms with E-state index < -0.39 is 24.3 Å². The Labute approximate surface area is 310 Å². The van der Waals surface area contributed by atoms with Gasteiger partial charge in [0.2, 0.25) is 0 Å². The minimum atomic E-state index is -1.86. The zero-order valence-corrected chi connectivity index (χ0v) is 33.7. The fourth-order valence-electron chi connectivity index (χ4n) is 7.81. The number of benzene rings is 5. The minimum Gasteiger partial charge on any atom is -1.00 e. The monoisotopic (exact) mass is 724 g/mol. The number of allylic oxidation sites excluding steroid dienone is 2. The van der Waals surface area contributed by atoms with Gasteiger partial charge in [-0.05, 0) is 0 Å². The number of hydrogen-bond donors (Lipinski definition) is 0. The second-order valence-electron chi connectivity index (χ2n) is 13.8. The summed E-state index contributed by atoms with van der Waals surface area (Å²) in [6.45, 7) is 21.7. The third-order valence-corrected chi connectivity index (χ3v) is 19.7. The molecule has 0 bridgehead atoms. The van der Waals surface area contributed by atoms with E-state index >= 15 is 0 Å². The van der Waals surface area contributed by atoms with Crippen LogP contribution in [0.4, 0.5) is 0 Å². The molecule has 1 aliphatic rings. The van der Waals surface area contributed by atoms with Crippen LogP contribution >= 0.6 is 0 Å². The summed E-state index contributed by atoms with van der Waals surface area (Å²) in [6.07, 6.45) is 0. The van der Waals surface area contributed by atoms with Crippen LogP contribution in [0.5, 0.6) is 11.5 Å². The Morgan fingerprint density at radius 1 is 0.625 bits per heavy atom. The van der Waals surface area contributed by atoms with Crippen LogP contribution in [0.15, 0.2) is 109 Å². The fourth-order valence-corrected chi connectivity index (χ4v) is 18.4. The van der Waals surface area contributed by atoms with Gasteiger partial charge in [-0.2, -0.15) is 0 Å². The van der Waals surface area contributed by atoms with Gasteiger partial charge in [0, 0.05) is 0 Å². The van der Waals surface area contributed by atoms with Crippen LogP contribution in [0.3, 0.4) is 0 Å². The molecule has 246 valence electrons. The van der Waals surface area contributed by atoms with Gasteiger partial charge in [0.1, 0.15) is 0 Å². The summed E-state index contributed by atoms with van der Waals surface area (Å²) < 4.78 is 8.51. The van der Waals surface area contributed by atoms with Crippen LogP contribution in [0.1, 0.15) is 80.9 Å². The number of halogens is 2. The van der Waals surface area contributed by atoms with Crippen molar-refractivity contribution in [1.29, 1.82) is 0 Å². The Morgan fingerprint density at radius 2 is 1.12 bits per heavy atom. The van der Waals surface area contributed by atoms with Gasteiger partial charge in [0.05, 0.1) is 0 Å². The Bertz CT molecular complexity index is 1900. The summed E-state index contributed by atoms with van der Waals surface area (Å²) in [5.74, 6) is 0.177. The molecule has 0 N–H and O–H groups in total. The first-order chi connectivity index (χ1) is 22.0. The normalized spacial score (nSPS) is 13.8. The molecule has 1 unspecified atom stereocenters. The van der Waals surface area contributed by atoms with E-state index in [2.05, 4.69) is 165 Å². The van der Waals surface area contributed by atoms with E-state index in [9.17, 15) is 0 Å². The number of hydrogen-bond acceptors (Lipinski definition) is 1. The Morgan fingerprint density at radius 3 is 1.67 bits per heavy atom. The van der Waals surface area contributed by atoms with Crippen molar-refractivity contribution >= 4 is 15.4 Å². The van der Waals surface area contributed by atoms with E-state index in [0.717, 1.165) is 11.5 Å². The summed E-state index contributed by atoms with van der Waals surface area (Å²) in [5.41, 5.74) is 17.8. The molecule has 5 heteroatoms. The number of ether oxygens (including phenoxy) is 1. The van der Waals surface area contributed by atoms with Crippen LogP contribution < -0.4 is 33.4 Å². The smallest absolute Gasteiger partial charge is 1.00 e. The van der Waals surface area contributed by atoms with Crippen LogP contribution in [0.2, 0.25) is 13.1 Å². The molecule has 0 aromatic heterocycles. The van der Waals surface area contributed by atoms with Crippen molar-refractivity contribution in [3.8, 4) is 11.5 Å². The molecule has 6 rings (SSSR count). The molecule has 1 aliphatic carbocycles. The van der Waals surface area contributed by atoms with E-state index in [0.29, 0.717) is 5.54 Å². The Hall–Kier alpha value is -2.85. The molecule has 1 nitrogen and oxygen atoms in total. The van der Waals surface area contributed by atoms with Crippen molar-refractivity contribution in [1.82, 2.24) is 0 Å². The van der Waals surface area contributed by atoms with E-state index in [1.807, 2.05) is 0 Å². The molecule has 5 aromatic carbocycles. The maximum atomic E-state index is 7.06. The number of fused-ring (bicyclic) bond motifs is 1. The van der Waals surface area contributed by atoms with Crippen molar-refractivity contribution in [2.24, 2.45) is 0 Å². The molecule has 0 saturated carbocycles. The standard InChI is InChI=1S/C26H21O.C17H25Si.2ClH.Ti/c1-20-17-18-25(27-23-15-9-4-10-16-23)24(19-20)26(21-11-5-2-6-12-21)22-13-7-3-8-14-22;1-9-10(2)12(4)16-15(11(9)3)13(5)14(6)17(16)18(7)8;;;/h2-17,19,26H,1H3;17H,1-8H3;2*1H;/q;;;;+2/p-2. The van der Waals surface area contributed by atoms with Gasteiger partial charge < -0.3 is 24.8 Å². The maximum absolute atomic E-state index is 7.06. The molecule has 48 heavy (non-hydrogen) atoms. The molecule has 1 atom stereocenters. The zero-order chi connectivity index (χ0) is 32.7. The summed E-state index contributed by atoms with van der Waals surface area (Å²) in [6, 6.07) is 37.2. The summed E-state index contributed by atoms with van der Waals surface area (Å²) in [7, 11) is 0. The second kappa shape index (κ2) is 15.4. The van der Waals surface area contributed by atoms with Gasteiger partial charge in [-0.3, -0.25) is 0 Å². The maximum Gasteiger partial charge on any atom is -1.00 e. The third kappa shape index (κ3) is 7.07. The van der Waals surface area contributed by atoms with Crippen molar-refractivity contribution in [3.63, 3.8) is 0 Å². The molecular weight excluding hydrogens is 679 g/mol. The molecule has 0 aliphatic heterocycles. The third-order valence-electron chi connectivity index (χ3n) is 10.4. The molecular formula is C43H46Cl2OSiTi. The first-order valence-electron chi connectivity index (χ1n) is 16.5. The Balaban J connectivity index is 0.00000260. The van der Waals surface area contributed by atoms with Crippen molar-refractivity contribution in [2.45, 2.75) is 73.0 Å². The number of aryl methyl sites for hydroxylation is 1. The van der Waals surface area contributed by atoms with E-state index in [1.165, 1.54) is 59.5 Å². The first kappa shape index (κ1) is 38.0. The molecule has 0 spiro atoms. The van der Waals surface area contributed by atoms with E-state index in [-0.39, 0.29) is 30.7 Å². The molecule has 0 radical (unpaired) electrons. The molecule has 0 amide bonds. The van der Waals surface area contributed by atoms with Crippen LogP contribution in [-0.2, 0) is 18.4 Å². The van der Waals surface area contributed by atoms with Gasteiger partial charge in [0.15, 0.2) is 0 Å². The van der Waals surface area contributed by atoms with Crippen LogP contribution in [0, 0.1) is 34.6 Å². The van der Waals surface area contributed by atoms with Crippen LogP contribution in [0.25, 0.3) is 5.57 Å². The largest absolute Gasteiger partial charge is 1.00 e. The summed E-state index contributed by atoms with van der Waals surface area (Å²) in [5, 5.41) is 0. The average molecular weight is 726 g/mol. The fraction of sp³-hybridized carbons (Fsp3) is 0.256. The summed E-state index contributed by atoms with van der Waals surface area (Å²) >= 11 is -0.578. The molecule has 0 heterocycles. The quantitative estimate of drug-likeness (QED) is 0.157. The van der Waals surface area contributed by atoms with Crippen molar-refractivity contribution < 1.29 is 48.0 Å². The van der Waals surface area contributed by atoms with Gasteiger partial charge in [-0.15, -0.1) is 0 Å². The predicted molar refractivity (Wildman–Crippen MR) is 195 cm³/mol. The van der Waals surface area contributed by atoms with Gasteiger partial charge in [-0.25, -0.2) is 0 Å².